The Labute approximate surface area is 120 Å². The summed E-state index contributed by atoms with van der Waals surface area (Å²) in [6.07, 6.45) is 6.61. The predicted octanol–water partition coefficient (Wildman–Crippen LogP) is 1.48. The second-order valence-electron chi connectivity index (χ2n) is 6.35. The third-order valence-corrected chi connectivity index (χ3v) is 4.39. The molecule has 1 aliphatic carbocycles. The lowest BCUT2D eigenvalue weighted by molar-refractivity contribution is -0.138. The number of amides is 1. The van der Waals surface area contributed by atoms with Gasteiger partial charge in [-0.05, 0) is 12.8 Å². The van der Waals surface area contributed by atoms with Crippen molar-refractivity contribution in [2.24, 2.45) is 5.92 Å². The van der Waals surface area contributed by atoms with Crippen LogP contribution in [0, 0.1) is 5.92 Å². The first-order valence-electron chi connectivity index (χ1n) is 7.60. The molecule has 5 heteroatoms. The van der Waals surface area contributed by atoms with Crippen molar-refractivity contribution in [2.45, 2.75) is 57.0 Å². The van der Waals surface area contributed by atoms with Crippen LogP contribution in [0.4, 0.5) is 0 Å². The Balaban J connectivity index is 1.82. The molecule has 0 aromatic heterocycles. The molecule has 1 heterocycles. The Kier molecular flexibility index (Phi) is 5.02. The molecule has 2 fully saturated rings. The van der Waals surface area contributed by atoms with Crippen molar-refractivity contribution >= 4 is 11.9 Å². The van der Waals surface area contributed by atoms with Crippen LogP contribution in [0.5, 0.6) is 0 Å². The van der Waals surface area contributed by atoms with Crippen LogP contribution in [0.15, 0.2) is 0 Å². The molecule has 0 aromatic rings. The van der Waals surface area contributed by atoms with Gasteiger partial charge in [-0.15, -0.1) is 0 Å². The van der Waals surface area contributed by atoms with Crippen LogP contribution >= 0.6 is 0 Å². The fourth-order valence-electron chi connectivity index (χ4n) is 3.17. The van der Waals surface area contributed by atoms with Crippen molar-refractivity contribution < 1.29 is 19.4 Å². The van der Waals surface area contributed by atoms with Crippen LogP contribution in [0.1, 0.15) is 51.4 Å². The van der Waals surface area contributed by atoms with Gasteiger partial charge in [0.1, 0.15) is 0 Å². The zero-order valence-corrected chi connectivity index (χ0v) is 12.3. The molecule has 1 amide bonds. The Bertz CT molecular complexity index is 361. The first-order valence-corrected chi connectivity index (χ1v) is 7.60. The van der Waals surface area contributed by atoms with Crippen LogP contribution in [-0.2, 0) is 14.3 Å². The van der Waals surface area contributed by atoms with E-state index in [1.807, 2.05) is 0 Å². The lowest BCUT2D eigenvalue weighted by Gasteiger charge is -2.32. The number of ether oxygens (including phenoxy) is 1. The van der Waals surface area contributed by atoms with Gasteiger partial charge in [0.05, 0.1) is 18.6 Å². The van der Waals surface area contributed by atoms with Crippen molar-refractivity contribution in [3.8, 4) is 0 Å². The van der Waals surface area contributed by atoms with Gasteiger partial charge in [-0.1, -0.05) is 25.7 Å². The van der Waals surface area contributed by atoms with Gasteiger partial charge in [0.15, 0.2) is 0 Å². The van der Waals surface area contributed by atoms with Gasteiger partial charge in [-0.3, -0.25) is 9.59 Å². The zero-order valence-electron chi connectivity index (χ0n) is 12.3. The minimum atomic E-state index is -0.733. The first-order chi connectivity index (χ1) is 9.48. The number of cyclic esters (lactones) is 1. The zero-order chi connectivity index (χ0) is 14.6. The predicted molar refractivity (Wildman–Crippen MR) is 74.0 cm³/mol. The largest absolute Gasteiger partial charge is 0.465 e. The van der Waals surface area contributed by atoms with E-state index in [9.17, 15) is 14.7 Å². The number of hydrogen-bond donors (Lipinski definition) is 1. The fraction of sp³-hybridized carbons (Fsp3) is 0.867. The standard InChI is InChI=1S/C15H25NO4/c1-16(11-15(19)6-4-2-3-5-7-15)13(17)8-12-9-14(18)20-10-12/h12,19H,2-11H2,1H3. The Hall–Kier alpha value is -1.10. The highest BCUT2D eigenvalue weighted by Gasteiger charge is 2.32. The quantitative estimate of drug-likeness (QED) is 0.627. The van der Waals surface area contributed by atoms with E-state index >= 15 is 0 Å². The van der Waals surface area contributed by atoms with Gasteiger partial charge in [0.25, 0.3) is 0 Å². The lowest BCUT2D eigenvalue weighted by Crippen LogP contribution is -2.44. The molecule has 2 aliphatic rings. The van der Waals surface area contributed by atoms with Crippen molar-refractivity contribution in [1.82, 2.24) is 4.90 Å². The van der Waals surface area contributed by atoms with Crippen LogP contribution in [0.3, 0.4) is 0 Å². The maximum Gasteiger partial charge on any atom is 0.306 e. The molecule has 20 heavy (non-hydrogen) atoms. The van der Waals surface area contributed by atoms with Crippen LogP contribution in [-0.4, -0.2) is 47.7 Å². The van der Waals surface area contributed by atoms with E-state index in [-0.39, 0.29) is 17.8 Å². The number of carbonyl (C=O) groups is 2. The van der Waals surface area contributed by atoms with E-state index in [0.29, 0.717) is 26.0 Å². The van der Waals surface area contributed by atoms with E-state index in [4.69, 9.17) is 4.74 Å². The lowest BCUT2D eigenvalue weighted by atomic mass is 9.93. The van der Waals surface area contributed by atoms with E-state index in [0.717, 1.165) is 25.7 Å². The van der Waals surface area contributed by atoms with Crippen LogP contribution < -0.4 is 0 Å². The van der Waals surface area contributed by atoms with E-state index in [2.05, 4.69) is 0 Å². The van der Waals surface area contributed by atoms with Crippen LogP contribution in [0.2, 0.25) is 0 Å². The highest BCUT2D eigenvalue weighted by atomic mass is 16.5. The van der Waals surface area contributed by atoms with E-state index in [1.54, 1.807) is 11.9 Å². The molecule has 1 N–H and O–H groups in total. The third-order valence-electron chi connectivity index (χ3n) is 4.39. The summed E-state index contributed by atoms with van der Waals surface area (Å²) in [5.41, 5.74) is -0.733. The minimum Gasteiger partial charge on any atom is -0.465 e. The Morgan fingerprint density at radius 2 is 2.00 bits per heavy atom. The molecule has 0 radical (unpaired) electrons. The molecule has 114 valence electrons. The number of carbonyl (C=O) groups excluding carboxylic acids is 2. The van der Waals surface area contributed by atoms with Gasteiger partial charge < -0.3 is 14.7 Å². The summed E-state index contributed by atoms with van der Waals surface area (Å²) in [6.45, 7) is 0.746. The average Bonchev–Trinajstić information content (AvgIpc) is 2.67. The Morgan fingerprint density at radius 1 is 1.35 bits per heavy atom. The smallest absolute Gasteiger partial charge is 0.306 e. The number of esters is 1. The topological polar surface area (TPSA) is 66.8 Å². The summed E-state index contributed by atoms with van der Waals surface area (Å²) >= 11 is 0. The molecular formula is C15H25NO4. The van der Waals surface area contributed by atoms with Crippen molar-refractivity contribution in [3.05, 3.63) is 0 Å². The van der Waals surface area contributed by atoms with Gasteiger partial charge in [-0.2, -0.15) is 0 Å². The average molecular weight is 283 g/mol. The van der Waals surface area contributed by atoms with Gasteiger partial charge >= 0.3 is 5.97 Å². The summed E-state index contributed by atoms with van der Waals surface area (Å²) in [4.78, 5) is 24.8. The molecule has 1 saturated heterocycles. The first kappa shape index (κ1) is 15.3. The SMILES string of the molecule is CN(CC1(O)CCCCCC1)C(=O)CC1COC(=O)C1. The monoisotopic (exact) mass is 283 g/mol. The van der Waals surface area contributed by atoms with Crippen molar-refractivity contribution in [3.63, 3.8) is 0 Å². The second kappa shape index (κ2) is 6.57. The molecular weight excluding hydrogens is 258 g/mol. The van der Waals surface area contributed by atoms with Crippen molar-refractivity contribution in [1.29, 1.82) is 0 Å². The molecule has 2 rings (SSSR count). The molecule has 1 saturated carbocycles. The summed E-state index contributed by atoms with van der Waals surface area (Å²) < 4.78 is 4.87. The third kappa shape index (κ3) is 4.20. The maximum atomic E-state index is 12.2. The Morgan fingerprint density at radius 3 is 2.55 bits per heavy atom. The highest BCUT2D eigenvalue weighted by Crippen LogP contribution is 2.28. The van der Waals surface area contributed by atoms with Crippen molar-refractivity contribution in [2.75, 3.05) is 20.2 Å². The van der Waals surface area contributed by atoms with Crippen LogP contribution in [0.25, 0.3) is 0 Å². The maximum absolute atomic E-state index is 12.2. The summed E-state index contributed by atoms with van der Waals surface area (Å²) in [5, 5.41) is 10.6. The molecule has 0 spiro atoms. The molecule has 1 aliphatic heterocycles. The van der Waals surface area contributed by atoms with E-state index in [1.165, 1.54) is 12.8 Å². The molecule has 0 aromatic carbocycles. The number of aliphatic hydroxyl groups is 1. The molecule has 1 unspecified atom stereocenters. The molecule has 0 bridgehead atoms. The van der Waals surface area contributed by atoms with E-state index < -0.39 is 5.60 Å². The summed E-state index contributed by atoms with van der Waals surface area (Å²) in [6, 6.07) is 0. The summed E-state index contributed by atoms with van der Waals surface area (Å²) in [5.74, 6) is -0.222. The highest BCUT2D eigenvalue weighted by molar-refractivity contribution is 5.78. The number of nitrogens with zero attached hydrogens (tertiary/aromatic N) is 1. The van der Waals surface area contributed by atoms with Gasteiger partial charge in [-0.25, -0.2) is 0 Å². The second-order valence-corrected chi connectivity index (χ2v) is 6.35. The molecule has 1 atom stereocenters. The minimum absolute atomic E-state index is 0.00114. The molecule has 5 nitrogen and oxygen atoms in total. The number of rotatable bonds is 4. The van der Waals surface area contributed by atoms with Gasteiger partial charge in [0, 0.05) is 25.9 Å². The number of likely N-dealkylation sites (N-methyl/N-ethyl adjacent to an activating group) is 1. The fourth-order valence-corrected chi connectivity index (χ4v) is 3.17. The normalized spacial score (nSPS) is 25.9. The van der Waals surface area contributed by atoms with Gasteiger partial charge in [0.2, 0.25) is 5.91 Å². The summed E-state index contributed by atoms with van der Waals surface area (Å²) in [7, 11) is 1.74. The number of hydrogen-bond acceptors (Lipinski definition) is 4.